The molecule has 20 heavy (non-hydrogen) atoms. The summed E-state index contributed by atoms with van der Waals surface area (Å²) in [4.78, 5) is 13.2. The van der Waals surface area contributed by atoms with Crippen LogP contribution in [0.1, 0.15) is 0 Å². The minimum atomic E-state index is -1.77. The van der Waals surface area contributed by atoms with Gasteiger partial charge in [0.2, 0.25) is 22.5 Å². The summed E-state index contributed by atoms with van der Waals surface area (Å²) < 4.78 is 13.8. The smallest absolute Gasteiger partial charge is 0.307 e. The highest BCUT2D eigenvalue weighted by molar-refractivity contribution is 6.70. The first-order valence-corrected chi connectivity index (χ1v) is 13.4. The minimum Gasteiger partial charge on any atom is -0.530 e. The van der Waals surface area contributed by atoms with Gasteiger partial charge < -0.3 is 13.4 Å². The van der Waals surface area contributed by atoms with E-state index in [2.05, 4.69) is 54.2 Å². The molecule has 0 N–H and O–H groups in total. The maximum atomic E-state index is 6.03. The van der Waals surface area contributed by atoms with Gasteiger partial charge in [-0.15, -0.1) is 0 Å². The van der Waals surface area contributed by atoms with Crippen LogP contribution in [0.5, 0.6) is 11.9 Å². The van der Waals surface area contributed by atoms with E-state index in [1.165, 1.54) is 0 Å². The van der Waals surface area contributed by atoms with Crippen LogP contribution in [-0.4, -0.2) is 36.2 Å². The summed E-state index contributed by atoms with van der Waals surface area (Å²) in [5.74, 6) is 0.531. The number of aromatic nitrogens is 4. The number of imidazole rings is 1. The quantitative estimate of drug-likeness (QED) is 0.813. The van der Waals surface area contributed by atoms with Gasteiger partial charge in [0.15, 0.2) is 11.2 Å². The lowest BCUT2D eigenvalue weighted by atomic mass is 10.5. The molecular weight excluding hydrogens is 288 g/mol. The topological polar surface area (TPSA) is 62.1 Å². The lowest BCUT2D eigenvalue weighted by Crippen LogP contribution is -2.32. The largest absolute Gasteiger partial charge is 0.530 e. The molecule has 0 unspecified atom stereocenters. The summed E-state index contributed by atoms with van der Waals surface area (Å²) >= 11 is 0. The van der Waals surface area contributed by atoms with Gasteiger partial charge in [-0.05, 0) is 39.3 Å². The molecule has 0 aliphatic carbocycles. The standard InChI is InChI=1S/C12H22N4O2Si2/c1-16-8-13-9-10(16)14-12(18-20(5,6)7)15-11(9)17-19(2,3)4/h8H,1-7H3. The summed E-state index contributed by atoms with van der Waals surface area (Å²) in [6.07, 6.45) is 1.72. The van der Waals surface area contributed by atoms with Crippen LogP contribution in [0.2, 0.25) is 39.3 Å². The van der Waals surface area contributed by atoms with E-state index in [0.717, 1.165) is 5.65 Å². The average Bonchev–Trinajstić information content (AvgIpc) is 2.56. The van der Waals surface area contributed by atoms with Crippen molar-refractivity contribution in [1.82, 2.24) is 19.5 Å². The molecule has 0 fully saturated rings. The van der Waals surface area contributed by atoms with Gasteiger partial charge in [-0.3, -0.25) is 0 Å². The number of rotatable bonds is 4. The average molecular weight is 311 g/mol. The summed E-state index contributed by atoms with van der Waals surface area (Å²) in [5.41, 5.74) is 1.43. The van der Waals surface area contributed by atoms with E-state index >= 15 is 0 Å². The minimum absolute atomic E-state index is 0.383. The highest BCUT2D eigenvalue weighted by Gasteiger charge is 2.24. The van der Waals surface area contributed by atoms with Gasteiger partial charge >= 0.3 is 6.01 Å². The summed E-state index contributed by atoms with van der Waals surface area (Å²) in [7, 11) is -1.63. The molecule has 0 atom stereocenters. The monoisotopic (exact) mass is 310 g/mol. The van der Waals surface area contributed by atoms with Gasteiger partial charge in [0, 0.05) is 7.05 Å². The lowest BCUT2D eigenvalue weighted by Gasteiger charge is -2.21. The van der Waals surface area contributed by atoms with Crippen molar-refractivity contribution in [2.45, 2.75) is 39.3 Å². The molecule has 2 rings (SSSR count). The van der Waals surface area contributed by atoms with Crippen molar-refractivity contribution in [3.8, 4) is 11.9 Å². The van der Waals surface area contributed by atoms with Crippen molar-refractivity contribution in [3.63, 3.8) is 0 Å². The first-order valence-electron chi connectivity index (χ1n) is 6.62. The van der Waals surface area contributed by atoms with Crippen LogP contribution in [0.4, 0.5) is 0 Å². The number of aryl methyl sites for hydroxylation is 1. The van der Waals surface area contributed by atoms with Crippen LogP contribution in [0.3, 0.4) is 0 Å². The Morgan fingerprint density at radius 2 is 1.55 bits per heavy atom. The SMILES string of the molecule is Cn1cnc2c(O[Si](C)(C)C)nc(O[Si](C)(C)C)nc21. The van der Waals surface area contributed by atoms with Crippen LogP contribution < -0.4 is 8.85 Å². The fourth-order valence-electron chi connectivity index (χ4n) is 1.64. The zero-order valence-electron chi connectivity index (χ0n) is 13.2. The zero-order valence-corrected chi connectivity index (χ0v) is 15.2. The van der Waals surface area contributed by atoms with E-state index in [-0.39, 0.29) is 0 Å². The molecule has 0 saturated carbocycles. The molecular formula is C12H22N4O2Si2. The molecule has 0 bridgehead atoms. The predicted molar refractivity (Wildman–Crippen MR) is 84.3 cm³/mol. The van der Waals surface area contributed by atoms with Crippen LogP contribution in [0, 0.1) is 0 Å². The van der Waals surface area contributed by atoms with E-state index in [1.54, 1.807) is 6.33 Å². The third kappa shape index (κ3) is 3.57. The second-order valence-corrected chi connectivity index (χ2v) is 15.6. The molecule has 0 aliphatic heterocycles. The molecule has 8 heteroatoms. The predicted octanol–water partition coefficient (Wildman–Crippen LogP) is 2.79. The fraction of sp³-hybridized carbons (Fsp3) is 0.583. The second-order valence-electron chi connectivity index (χ2n) is 6.77. The van der Waals surface area contributed by atoms with Crippen LogP contribution in [-0.2, 0) is 7.05 Å². The Balaban J connectivity index is 2.53. The van der Waals surface area contributed by atoms with Gasteiger partial charge in [-0.25, -0.2) is 4.98 Å². The molecule has 0 aliphatic rings. The van der Waals surface area contributed by atoms with Crippen LogP contribution in [0.25, 0.3) is 11.2 Å². The molecule has 2 aromatic heterocycles. The van der Waals surface area contributed by atoms with E-state index in [4.69, 9.17) is 8.85 Å². The van der Waals surface area contributed by atoms with E-state index in [9.17, 15) is 0 Å². The van der Waals surface area contributed by atoms with E-state index < -0.39 is 16.6 Å². The molecule has 110 valence electrons. The molecule has 6 nitrogen and oxygen atoms in total. The third-order valence-electron chi connectivity index (χ3n) is 2.31. The van der Waals surface area contributed by atoms with Crippen molar-refractivity contribution >= 4 is 27.8 Å². The maximum absolute atomic E-state index is 6.03. The van der Waals surface area contributed by atoms with Crippen molar-refractivity contribution < 1.29 is 8.85 Å². The number of hydrogen-bond acceptors (Lipinski definition) is 5. The Morgan fingerprint density at radius 1 is 0.950 bits per heavy atom. The van der Waals surface area contributed by atoms with Crippen molar-refractivity contribution in [2.75, 3.05) is 0 Å². The van der Waals surface area contributed by atoms with Gasteiger partial charge in [0.05, 0.1) is 6.33 Å². The van der Waals surface area contributed by atoms with Crippen LogP contribution >= 0.6 is 0 Å². The zero-order chi connectivity index (χ0) is 15.1. The van der Waals surface area contributed by atoms with Gasteiger partial charge in [-0.1, -0.05) is 0 Å². The molecule has 2 aromatic rings. The first-order chi connectivity index (χ1) is 9.05. The highest BCUT2D eigenvalue weighted by atomic mass is 28.4. The summed E-state index contributed by atoms with van der Waals surface area (Å²) in [6.45, 7) is 12.6. The highest BCUT2D eigenvalue weighted by Crippen LogP contribution is 2.26. The molecule has 0 aromatic carbocycles. The van der Waals surface area contributed by atoms with Gasteiger partial charge in [0.1, 0.15) is 0 Å². The lowest BCUT2D eigenvalue weighted by molar-refractivity contribution is 0.481. The van der Waals surface area contributed by atoms with Gasteiger partial charge in [0.25, 0.3) is 0 Å². The Labute approximate surface area is 121 Å². The summed E-state index contributed by atoms with van der Waals surface area (Å²) in [5, 5.41) is 0. The molecule has 0 amide bonds. The van der Waals surface area contributed by atoms with E-state index in [1.807, 2.05) is 11.6 Å². The number of nitrogens with zero attached hydrogens (tertiary/aromatic N) is 4. The van der Waals surface area contributed by atoms with Gasteiger partial charge in [-0.2, -0.15) is 9.97 Å². The molecule has 0 radical (unpaired) electrons. The first kappa shape index (κ1) is 15.0. The Kier molecular flexibility index (Phi) is 3.63. The normalized spacial score (nSPS) is 12.8. The number of hydrogen-bond donors (Lipinski definition) is 0. The number of fused-ring (bicyclic) bond motifs is 1. The maximum Gasteiger partial charge on any atom is 0.307 e. The third-order valence-corrected chi connectivity index (χ3v) is 3.91. The van der Waals surface area contributed by atoms with Crippen LogP contribution in [0.15, 0.2) is 6.33 Å². The van der Waals surface area contributed by atoms with Crippen molar-refractivity contribution in [2.24, 2.45) is 7.05 Å². The summed E-state index contributed by atoms with van der Waals surface area (Å²) in [6, 6.07) is 0.383. The second kappa shape index (κ2) is 4.85. The molecule has 0 spiro atoms. The Morgan fingerprint density at radius 3 is 2.10 bits per heavy atom. The van der Waals surface area contributed by atoms with Crippen molar-refractivity contribution in [3.05, 3.63) is 6.33 Å². The van der Waals surface area contributed by atoms with E-state index in [0.29, 0.717) is 17.4 Å². The fourth-order valence-corrected chi connectivity index (χ4v) is 3.00. The Bertz CT molecular complexity index is 629. The Hall–Kier alpha value is -1.42. The molecule has 0 saturated heterocycles. The molecule has 2 heterocycles. The van der Waals surface area contributed by atoms with Crippen molar-refractivity contribution in [1.29, 1.82) is 0 Å².